The fraction of sp³-hybridized carbons (Fsp3) is 0.600. The van der Waals surface area contributed by atoms with Gasteiger partial charge in [-0.2, -0.15) is 0 Å². The van der Waals surface area contributed by atoms with E-state index < -0.39 is 36.8 Å². The van der Waals surface area contributed by atoms with Crippen LogP contribution >= 0.6 is 0 Å². The topological polar surface area (TPSA) is 121 Å². The van der Waals surface area contributed by atoms with Gasteiger partial charge >= 0.3 is 5.69 Å². The van der Waals surface area contributed by atoms with Gasteiger partial charge in [-0.3, -0.25) is 14.5 Å². The van der Waals surface area contributed by atoms with Crippen LogP contribution in [0, 0.1) is 5.41 Å². The molecule has 0 aliphatic carbocycles. The maximum absolute atomic E-state index is 11.9. The van der Waals surface area contributed by atoms with E-state index in [4.69, 9.17) is 15.3 Å². The SMILES string of the molecule is Cn1c(=N)ccn([C@@H]2O[C@H](CO)C(O)[C@@H]2O)c1=O. The van der Waals surface area contributed by atoms with Crippen LogP contribution in [0.3, 0.4) is 0 Å². The average Bonchev–Trinajstić information content (AvgIpc) is 2.64. The first kappa shape index (κ1) is 13.0. The quantitative estimate of drug-likeness (QED) is 0.458. The predicted octanol–water partition coefficient (Wildman–Crippen LogP) is -2.72. The van der Waals surface area contributed by atoms with E-state index in [0.29, 0.717) is 0 Å². The minimum absolute atomic E-state index is 0.0167. The molecule has 2 rings (SSSR count). The van der Waals surface area contributed by atoms with Crippen LogP contribution in [0.2, 0.25) is 0 Å². The number of nitrogens with one attached hydrogen (secondary N) is 1. The summed E-state index contributed by atoms with van der Waals surface area (Å²) in [7, 11) is 1.42. The van der Waals surface area contributed by atoms with Crippen LogP contribution in [0.4, 0.5) is 0 Å². The maximum Gasteiger partial charge on any atom is 0.331 e. The van der Waals surface area contributed by atoms with Crippen molar-refractivity contribution in [2.75, 3.05) is 6.61 Å². The van der Waals surface area contributed by atoms with Gasteiger partial charge in [-0.15, -0.1) is 0 Å². The average molecular weight is 257 g/mol. The maximum atomic E-state index is 11.9. The van der Waals surface area contributed by atoms with Crippen LogP contribution in [0.5, 0.6) is 0 Å². The fourth-order valence-electron chi connectivity index (χ4n) is 1.91. The molecule has 0 aromatic carbocycles. The zero-order chi connectivity index (χ0) is 13.4. The molecule has 1 unspecified atom stereocenters. The molecule has 1 aromatic heterocycles. The monoisotopic (exact) mass is 257 g/mol. The van der Waals surface area contributed by atoms with Crippen molar-refractivity contribution in [2.24, 2.45) is 7.05 Å². The lowest BCUT2D eigenvalue weighted by Gasteiger charge is -2.18. The Kier molecular flexibility index (Phi) is 3.35. The molecule has 100 valence electrons. The van der Waals surface area contributed by atoms with Crippen molar-refractivity contribution in [1.29, 1.82) is 5.41 Å². The summed E-state index contributed by atoms with van der Waals surface area (Å²) in [5.74, 6) is 0. The Balaban J connectivity index is 2.42. The second kappa shape index (κ2) is 4.65. The molecule has 1 aromatic rings. The normalized spacial score (nSPS) is 31.8. The van der Waals surface area contributed by atoms with Gasteiger partial charge in [0.05, 0.1) is 6.61 Å². The summed E-state index contributed by atoms with van der Waals surface area (Å²) in [5.41, 5.74) is -0.527. The number of ether oxygens (including phenoxy) is 1. The number of hydrogen-bond donors (Lipinski definition) is 4. The second-order valence-electron chi connectivity index (χ2n) is 4.18. The Labute approximate surface area is 102 Å². The van der Waals surface area contributed by atoms with Gasteiger partial charge in [0.15, 0.2) is 6.23 Å². The molecule has 8 heteroatoms. The van der Waals surface area contributed by atoms with Crippen LogP contribution in [0.25, 0.3) is 0 Å². The summed E-state index contributed by atoms with van der Waals surface area (Å²) < 4.78 is 7.40. The Hall–Kier alpha value is -1.48. The number of nitrogens with zero attached hydrogens (tertiary/aromatic N) is 2. The van der Waals surface area contributed by atoms with Gasteiger partial charge in [-0.05, 0) is 6.07 Å². The van der Waals surface area contributed by atoms with Gasteiger partial charge in [-0.1, -0.05) is 0 Å². The van der Waals surface area contributed by atoms with Crippen molar-refractivity contribution < 1.29 is 20.1 Å². The van der Waals surface area contributed by atoms with E-state index in [1.165, 1.54) is 19.3 Å². The molecule has 4 atom stereocenters. The summed E-state index contributed by atoms with van der Waals surface area (Å²) in [5, 5.41) is 35.8. The number of aliphatic hydroxyl groups is 3. The molecule has 1 aliphatic rings. The van der Waals surface area contributed by atoms with Gasteiger partial charge in [0.2, 0.25) is 0 Å². The Bertz CT molecular complexity index is 551. The van der Waals surface area contributed by atoms with Gasteiger partial charge in [0.1, 0.15) is 23.8 Å². The molecule has 1 fully saturated rings. The van der Waals surface area contributed by atoms with Crippen molar-refractivity contribution in [3.63, 3.8) is 0 Å². The molecule has 2 heterocycles. The highest BCUT2D eigenvalue weighted by molar-refractivity contribution is 4.93. The molecule has 0 bridgehead atoms. The minimum atomic E-state index is -1.31. The third-order valence-electron chi connectivity index (χ3n) is 3.05. The van der Waals surface area contributed by atoms with E-state index in [9.17, 15) is 15.0 Å². The molecule has 4 N–H and O–H groups in total. The van der Waals surface area contributed by atoms with E-state index >= 15 is 0 Å². The van der Waals surface area contributed by atoms with Gasteiger partial charge in [0, 0.05) is 13.2 Å². The fourth-order valence-corrected chi connectivity index (χ4v) is 1.91. The first-order valence-electron chi connectivity index (χ1n) is 5.42. The Morgan fingerprint density at radius 2 is 2.11 bits per heavy atom. The molecular formula is C10H15N3O5. The van der Waals surface area contributed by atoms with Crippen molar-refractivity contribution in [1.82, 2.24) is 9.13 Å². The van der Waals surface area contributed by atoms with E-state index in [0.717, 1.165) is 9.13 Å². The summed E-state index contributed by atoms with van der Waals surface area (Å²) in [6.45, 7) is -0.452. The third-order valence-corrected chi connectivity index (χ3v) is 3.05. The lowest BCUT2D eigenvalue weighted by Crippen LogP contribution is -2.41. The van der Waals surface area contributed by atoms with E-state index in [1.54, 1.807) is 0 Å². The first-order valence-corrected chi connectivity index (χ1v) is 5.42. The van der Waals surface area contributed by atoms with Crippen LogP contribution in [0.15, 0.2) is 17.1 Å². The van der Waals surface area contributed by atoms with E-state index in [1.807, 2.05) is 0 Å². The molecule has 0 saturated carbocycles. The Morgan fingerprint density at radius 1 is 1.44 bits per heavy atom. The summed E-state index contributed by atoms with van der Waals surface area (Å²) in [6.07, 6.45) is -3.26. The highest BCUT2D eigenvalue weighted by Crippen LogP contribution is 2.27. The lowest BCUT2D eigenvalue weighted by molar-refractivity contribution is -0.0555. The first-order chi connectivity index (χ1) is 8.47. The van der Waals surface area contributed by atoms with Gasteiger partial charge < -0.3 is 20.1 Å². The number of hydrogen-bond acceptors (Lipinski definition) is 6. The van der Waals surface area contributed by atoms with Crippen LogP contribution < -0.4 is 11.2 Å². The highest BCUT2D eigenvalue weighted by Gasteiger charge is 2.43. The second-order valence-corrected chi connectivity index (χ2v) is 4.18. The van der Waals surface area contributed by atoms with Gasteiger partial charge in [0.25, 0.3) is 0 Å². The van der Waals surface area contributed by atoms with Gasteiger partial charge in [-0.25, -0.2) is 4.79 Å². The van der Waals surface area contributed by atoms with Crippen molar-refractivity contribution in [3.05, 3.63) is 28.2 Å². The lowest BCUT2D eigenvalue weighted by atomic mass is 10.1. The molecule has 0 radical (unpaired) electrons. The molecule has 8 nitrogen and oxygen atoms in total. The minimum Gasteiger partial charge on any atom is -0.394 e. The van der Waals surface area contributed by atoms with E-state index in [2.05, 4.69) is 0 Å². The molecule has 1 saturated heterocycles. The summed E-state index contributed by atoms with van der Waals surface area (Å²) in [6, 6.07) is 1.37. The molecular weight excluding hydrogens is 242 g/mol. The summed E-state index contributed by atoms with van der Waals surface area (Å²) >= 11 is 0. The van der Waals surface area contributed by atoms with Crippen LogP contribution in [-0.2, 0) is 11.8 Å². The van der Waals surface area contributed by atoms with Crippen molar-refractivity contribution in [3.8, 4) is 0 Å². The number of rotatable bonds is 2. The number of aliphatic hydroxyl groups excluding tert-OH is 3. The Morgan fingerprint density at radius 3 is 2.67 bits per heavy atom. The highest BCUT2D eigenvalue weighted by atomic mass is 16.6. The molecule has 0 amide bonds. The standard InChI is InChI=1S/C10H15N3O5/c1-12-6(11)2-3-13(10(12)17)9-8(16)7(15)5(4-14)18-9/h2-3,5,7-9,11,14-16H,4H2,1H3/t5-,7?,8+,9-/m1/s1. The van der Waals surface area contributed by atoms with Crippen molar-refractivity contribution >= 4 is 0 Å². The van der Waals surface area contributed by atoms with Crippen LogP contribution in [0.1, 0.15) is 6.23 Å². The largest absolute Gasteiger partial charge is 0.394 e. The number of aromatic nitrogens is 2. The third kappa shape index (κ3) is 1.89. The molecule has 18 heavy (non-hydrogen) atoms. The van der Waals surface area contributed by atoms with Crippen LogP contribution in [-0.4, -0.2) is 49.4 Å². The zero-order valence-electron chi connectivity index (χ0n) is 9.72. The predicted molar refractivity (Wildman–Crippen MR) is 58.5 cm³/mol. The molecule has 0 spiro atoms. The van der Waals surface area contributed by atoms with E-state index in [-0.39, 0.29) is 5.49 Å². The zero-order valence-corrected chi connectivity index (χ0v) is 9.72. The summed E-state index contributed by atoms with van der Waals surface area (Å²) in [4.78, 5) is 11.9. The van der Waals surface area contributed by atoms with Crippen molar-refractivity contribution in [2.45, 2.75) is 24.5 Å². The smallest absolute Gasteiger partial charge is 0.331 e. The molecule has 1 aliphatic heterocycles.